The van der Waals surface area contributed by atoms with E-state index in [1.54, 1.807) is 0 Å². The standard InChI is InChI=1S/C8H16.FHO/c1-7-3-5-8(2)6-4-7;1-2/h7-8H,3-6H2,1-2H3;2H. The lowest BCUT2D eigenvalue weighted by molar-refractivity contribution is -0.0441. The van der Waals surface area contributed by atoms with Gasteiger partial charge in [-0.1, -0.05) is 44.1 Å². The molecule has 0 radical (unpaired) electrons. The maximum Gasteiger partial charge on any atom is -0.0443 e. The summed E-state index contributed by atoms with van der Waals surface area (Å²) in [7, 11) is 0. The zero-order valence-electron chi connectivity index (χ0n) is 6.81. The molecule has 0 amide bonds. The lowest BCUT2D eigenvalue weighted by atomic mass is 9.84. The zero-order valence-corrected chi connectivity index (χ0v) is 6.81. The lowest BCUT2D eigenvalue weighted by Crippen LogP contribution is -2.08. The molecule has 1 aliphatic rings. The van der Waals surface area contributed by atoms with E-state index >= 15 is 0 Å². The molecule has 1 fully saturated rings. The SMILES string of the molecule is CC1CCC(C)CC1.OF. The Labute approximate surface area is 62.2 Å². The molecule has 0 bridgehead atoms. The Morgan fingerprint density at radius 3 is 1.30 bits per heavy atom. The number of rotatable bonds is 0. The fraction of sp³-hybridized carbons (Fsp3) is 1.00. The van der Waals surface area contributed by atoms with Crippen molar-refractivity contribution >= 4 is 0 Å². The van der Waals surface area contributed by atoms with Crippen LogP contribution in [0.3, 0.4) is 0 Å². The first kappa shape index (κ1) is 9.89. The third-order valence-electron chi connectivity index (χ3n) is 2.30. The summed E-state index contributed by atoms with van der Waals surface area (Å²) < 4.78 is 8.50. The summed E-state index contributed by atoms with van der Waals surface area (Å²) in [5.74, 6) is 2.04. The summed E-state index contributed by atoms with van der Waals surface area (Å²) in [6.45, 7) is 4.73. The Morgan fingerprint density at radius 2 is 1.10 bits per heavy atom. The van der Waals surface area contributed by atoms with Crippen molar-refractivity contribution in [1.29, 1.82) is 0 Å². The van der Waals surface area contributed by atoms with E-state index in [-0.39, 0.29) is 0 Å². The first-order valence-corrected chi connectivity index (χ1v) is 3.96. The first-order chi connectivity index (χ1) is 4.79. The summed E-state index contributed by atoms with van der Waals surface area (Å²) in [6.07, 6.45) is 5.89. The van der Waals surface area contributed by atoms with Gasteiger partial charge in [0.2, 0.25) is 0 Å². The van der Waals surface area contributed by atoms with Crippen LogP contribution in [0, 0.1) is 11.8 Å². The van der Waals surface area contributed by atoms with Gasteiger partial charge < -0.3 is 0 Å². The Bertz CT molecular complexity index is 57.7. The molecular weight excluding hydrogens is 131 g/mol. The highest BCUT2D eigenvalue weighted by molar-refractivity contribution is 4.65. The monoisotopic (exact) mass is 148 g/mol. The van der Waals surface area contributed by atoms with Gasteiger partial charge in [-0.3, -0.25) is 0 Å². The molecule has 0 atom stereocenters. The van der Waals surface area contributed by atoms with Crippen LogP contribution in [-0.2, 0) is 0 Å². The Kier molecular flexibility index (Phi) is 5.60. The van der Waals surface area contributed by atoms with Crippen molar-refractivity contribution in [3.63, 3.8) is 0 Å². The maximum absolute atomic E-state index is 8.50. The molecule has 0 spiro atoms. The Morgan fingerprint density at radius 1 is 0.900 bits per heavy atom. The van der Waals surface area contributed by atoms with Crippen LogP contribution in [0.4, 0.5) is 4.53 Å². The quantitative estimate of drug-likeness (QED) is 0.560. The first-order valence-electron chi connectivity index (χ1n) is 3.96. The van der Waals surface area contributed by atoms with Crippen LogP contribution in [0.2, 0.25) is 0 Å². The highest BCUT2D eigenvalue weighted by atomic mass is 19.3. The summed E-state index contributed by atoms with van der Waals surface area (Å²) in [4.78, 5) is 0. The molecule has 1 nitrogen and oxygen atoms in total. The minimum atomic E-state index is 1.02. The molecule has 1 rings (SSSR count). The fourth-order valence-corrected chi connectivity index (χ4v) is 1.43. The van der Waals surface area contributed by atoms with Gasteiger partial charge in [-0.25, -0.2) is 5.31 Å². The van der Waals surface area contributed by atoms with Crippen molar-refractivity contribution in [2.24, 2.45) is 11.8 Å². The second-order valence-electron chi connectivity index (χ2n) is 3.37. The molecular formula is C8H17FO. The normalized spacial score (nSPS) is 32.4. The third kappa shape index (κ3) is 3.83. The van der Waals surface area contributed by atoms with E-state index in [0.29, 0.717) is 0 Å². The predicted molar refractivity (Wildman–Crippen MR) is 40.1 cm³/mol. The second-order valence-corrected chi connectivity index (χ2v) is 3.37. The van der Waals surface area contributed by atoms with Crippen LogP contribution < -0.4 is 0 Å². The average Bonchev–Trinajstić information content (AvgIpc) is 2.00. The summed E-state index contributed by atoms with van der Waals surface area (Å²) in [6, 6.07) is 0. The maximum atomic E-state index is 8.50. The Hall–Kier alpha value is -0.110. The third-order valence-corrected chi connectivity index (χ3v) is 2.30. The van der Waals surface area contributed by atoms with Gasteiger partial charge in [0.1, 0.15) is 0 Å². The van der Waals surface area contributed by atoms with Crippen molar-refractivity contribution in [3.05, 3.63) is 0 Å². The van der Waals surface area contributed by atoms with E-state index in [0.717, 1.165) is 11.8 Å². The van der Waals surface area contributed by atoms with E-state index in [4.69, 9.17) is 9.84 Å². The van der Waals surface area contributed by atoms with Gasteiger partial charge in [0.15, 0.2) is 0 Å². The number of hydrogen-bond acceptors (Lipinski definition) is 1. The van der Waals surface area contributed by atoms with Gasteiger partial charge in [-0.15, -0.1) is 0 Å². The largest absolute Gasteiger partial charge is 0.209 e. The minimum Gasteiger partial charge on any atom is -0.209 e. The number of halogens is 1. The van der Waals surface area contributed by atoms with Crippen molar-refractivity contribution in [2.45, 2.75) is 39.5 Å². The van der Waals surface area contributed by atoms with Crippen LogP contribution in [0.15, 0.2) is 0 Å². The van der Waals surface area contributed by atoms with Crippen molar-refractivity contribution in [2.75, 3.05) is 0 Å². The molecule has 1 aliphatic carbocycles. The van der Waals surface area contributed by atoms with Gasteiger partial charge >= 0.3 is 0 Å². The van der Waals surface area contributed by atoms with Gasteiger partial charge in [0.05, 0.1) is 0 Å². The highest BCUT2D eigenvalue weighted by Gasteiger charge is 2.13. The lowest BCUT2D eigenvalue weighted by Gasteiger charge is -2.22. The van der Waals surface area contributed by atoms with E-state index < -0.39 is 0 Å². The van der Waals surface area contributed by atoms with Crippen LogP contribution in [0.1, 0.15) is 39.5 Å². The molecule has 0 saturated heterocycles. The molecule has 1 saturated carbocycles. The molecule has 0 aliphatic heterocycles. The van der Waals surface area contributed by atoms with Crippen molar-refractivity contribution in [1.82, 2.24) is 0 Å². The highest BCUT2D eigenvalue weighted by Crippen LogP contribution is 2.27. The van der Waals surface area contributed by atoms with E-state index in [1.165, 1.54) is 25.7 Å². The summed E-state index contributed by atoms with van der Waals surface area (Å²) >= 11 is 0. The average molecular weight is 148 g/mol. The molecule has 0 aromatic rings. The van der Waals surface area contributed by atoms with E-state index in [9.17, 15) is 0 Å². The molecule has 0 aromatic carbocycles. The molecule has 0 unspecified atom stereocenters. The fourth-order valence-electron chi connectivity index (χ4n) is 1.43. The summed E-state index contributed by atoms with van der Waals surface area (Å²) in [5, 5.41) is 5.50. The van der Waals surface area contributed by atoms with Gasteiger partial charge in [-0.2, -0.15) is 0 Å². The van der Waals surface area contributed by atoms with E-state index in [1.807, 2.05) is 0 Å². The van der Waals surface area contributed by atoms with Crippen molar-refractivity contribution < 1.29 is 9.84 Å². The van der Waals surface area contributed by atoms with Gasteiger partial charge in [0, 0.05) is 0 Å². The predicted octanol–water partition coefficient (Wildman–Crippen LogP) is 2.70. The van der Waals surface area contributed by atoms with E-state index in [2.05, 4.69) is 13.8 Å². The minimum absolute atomic E-state index is 1.02. The topological polar surface area (TPSA) is 20.2 Å². The second kappa shape index (κ2) is 5.66. The molecule has 0 heterocycles. The summed E-state index contributed by atoms with van der Waals surface area (Å²) in [5.41, 5.74) is 0. The van der Waals surface area contributed by atoms with Crippen LogP contribution in [0.25, 0.3) is 0 Å². The molecule has 1 N–H and O–H groups in total. The van der Waals surface area contributed by atoms with Crippen LogP contribution in [-0.4, -0.2) is 5.31 Å². The number of hydrogen-bond donors (Lipinski definition) is 1. The van der Waals surface area contributed by atoms with Gasteiger partial charge in [-0.05, 0) is 11.8 Å². The zero-order chi connectivity index (χ0) is 7.98. The molecule has 10 heavy (non-hydrogen) atoms. The van der Waals surface area contributed by atoms with Crippen molar-refractivity contribution in [3.8, 4) is 0 Å². The van der Waals surface area contributed by atoms with Crippen LogP contribution >= 0.6 is 0 Å². The molecule has 2 heteroatoms. The molecule has 0 aromatic heterocycles. The molecule has 62 valence electrons. The Balaban J connectivity index is 0.000000371. The van der Waals surface area contributed by atoms with Crippen LogP contribution in [0.5, 0.6) is 0 Å². The smallest absolute Gasteiger partial charge is 0.0443 e. The van der Waals surface area contributed by atoms with Gasteiger partial charge in [0.25, 0.3) is 0 Å².